The molecule has 19 heavy (non-hydrogen) atoms. The molecule has 0 fully saturated rings. The third kappa shape index (κ3) is 2.91. The van der Waals surface area contributed by atoms with Crippen LogP contribution in [0.15, 0.2) is 30.6 Å². The summed E-state index contributed by atoms with van der Waals surface area (Å²) in [6, 6.07) is 4.68. The molecule has 0 bridgehead atoms. The van der Waals surface area contributed by atoms with Crippen molar-refractivity contribution >= 4 is 17.3 Å². The first-order chi connectivity index (χ1) is 9.13. The van der Waals surface area contributed by atoms with Gasteiger partial charge in [-0.15, -0.1) is 0 Å². The molecule has 0 saturated heterocycles. The third-order valence-electron chi connectivity index (χ3n) is 2.76. The molecule has 0 aliphatic rings. The number of nitro groups is 1. The maximum Gasteiger partial charge on any atom is 0.275 e. The molecule has 1 aromatic heterocycles. The Morgan fingerprint density at radius 1 is 1.53 bits per heavy atom. The van der Waals surface area contributed by atoms with Crippen LogP contribution >= 0.6 is 11.6 Å². The van der Waals surface area contributed by atoms with E-state index in [1.807, 2.05) is 11.6 Å². The SMILES string of the molecule is CNCc1nccn1Cc1c(Cl)cccc1[N+](=O)[O-]. The minimum atomic E-state index is -0.421. The number of nitrogens with one attached hydrogen (secondary N) is 1. The predicted molar refractivity (Wildman–Crippen MR) is 72.2 cm³/mol. The van der Waals surface area contributed by atoms with Gasteiger partial charge in [-0.3, -0.25) is 10.1 Å². The fourth-order valence-electron chi connectivity index (χ4n) is 1.85. The van der Waals surface area contributed by atoms with E-state index in [1.165, 1.54) is 6.07 Å². The standard InChI is InChI=1S/C12H13ClN4O2/c1-14-7-12-15-5-6-16(12)8-9-10(13)3-2-4-11(9)17(18)19/h2-6,14H,7-8H2,1H3. The molecule has 0 spiro atoms. The second kappa shape index (κ2) is 5.81. The van der Waals surface area contributed by atoms with E-state index in [9.17, 15) is 10.1 Å². The molecule has 1 aromatic carbocycles. The monoisotopic (exact) mass is 280 g/mol. The molecule has 0 aliphatic carbocycles. The Bertz CT molecular complexity index is 597. The van der Waals surface area contributed by atoms with Crippen LogP contribution in [0.4, 0.5) is 5.69 Å². The molecule has 1 heterocycles. The molecule has 1 N–H and O–H groups in total. The van der Waals surface area contributed by atoms with Crippen LogP contribution in [0.1, 0.15) is 11.4 Å². The van der Waals surface area contributed by atoms with Gasteiger partial charge in [-0.05, 0) is 13.1 Å². The van der Waals surface area contributed by atoms with Crippen molar-refractivity contribution in [2.24, 2.45) is 0 Å². The molecule has 0 amide bonds. The van der Waals surface area contributed by atoms with E-state index in [2.05, 4.69) is 10.3 Å². The molecule has 100 valence electrons. The molecule has 0 unspecified atom stereocenters. The lowest BCUT2D eigenvalue weighted by Crippen LogP contribution is -2.13. The first kappa shape index (κ1) is 13.5. The summed E-state index contributed by atoms with van der Waals surface area (Å²) in [5, 5.41) is 14.4. The summed E-state index contributed by atoms with van der Waals surface area (Å²) in [7, 11) is 1.82. The van der Waals surface area contributed by atoms with Gasteiger partial charge >= 0.3 is 0 Å². The summed E-state index contributed by atoms with van der Waals surface area (Å²) in [4.78, 5) is 14.8. The Morgan fingerprint density at radius 3 is 3.00 bits per heavy atom. The van der Waals surface area contributed by atoms with Gasteiger partial charge in [0.25, 0.3) is 5.69 Å². The van der Waals surface area contributed by atoms with Crippen LogP contribution in [0.5, 0.6) is 0 Å². The van der Waals surface area contributed by atoms with Crippen LogP contribution < -0.4 is 5.32 Å². The number of rotatable bonds is 5. The summed E-state index contributed by atoms with van der Waals surface area (Å²) in [5.41, 5.74) is 0.515. The van der Waals surface area contributed by atoms with Crippen molar-refractivity contribution < 1.29 is 4.92 Å². The number of nitrogens with zero attached hydrogens (tertiary/aromatic N) is 3. The number of hydrogen-bond donors (Lipinski definition) is 1. The molecule has 2 aromatic rings. The molecule has 0 saturated carbocycles. The van der Waals surface area contributed by atoms with Gasteiger partial charge in [-0.2, -0.15) is 0 Å². The number of benzene rings is 1. The third-order valence-corrected chi connectivity index (χ3v) is 3.11. The largest absolute Gasteiger partial charge is 0.329 e. The highest BCUT2D eigenvalue weighted by Crippen LogP contribution is 2.27. The first-order valence-electron chi connectivity index (χ1n) is 5.70. The van der Waals surface area contributed by atoms with E-state index >= 15 is 0 Å². The summed E-state index contributed by atoms with van der Waals surface area (Å²) in [5.74, 6) is 0.803. The smallest absolute Gasteiger partial charge is 0.275 e. The van der Waals surface area contributed by atoms with Gasteiger partial charge in [0.1, 0.15) is 5.82 Å². The lowest BCUT2D eigenvalue weighted by Gasteiger charge is -2.09. The number of hydrogen-bond acceptors (Lipinski definition) is 4. The van der Waals surface area contributed by atoms with Crippen molar-refractivity contribution in [1.82, 2.24) is 14.9 Å². The van der Waals surface area contributed by atoms with Crippen LogP contribution in [0.2, 0.25) is 5.02 Å². The van der Waals surface area contributed by atoms with Crippen LogP contribution in [0.25, 0.3) is 0 Å². The van der Waals surface area contributed by atoms with Crippen LogP contribution in [-0.2, 0) is 13.1 Å². The van der Waals surface area contributed by atoms with Gasteiger partial charge < -0.3 is 9.88 Å². The summed E-state index contributed by atoms with van der Waals surface area (Å²) in [6.07, 6.45) is 3.44. The van der Waals surface area contributed by atoms with Crippen LogP contribution in [0, 0.1) is 10.1 Å². The van der Waals surface area contributed by atoms with Crippen LogP contribution in [0.3, 0.4) is 0 Å². The Hall–Kier alpha value is -1.92. The Labute approximate surface area is 115 Å². The maximum atomic E-state index is 11.0. The second-order valence-electron chi connectivity index (χ2n) is 4.00. The lowest BCUT2D eigenvalue weighted by atomic mass is 10.1. The topological polar surface area (TPSA) is 73.0 Å². The van der Waals surface area contributed by atoms with Gasteiger partial charge in [0.2, 0.25) is 0 Å². The molecular weight excluding hydrogens is 268 g/mol. The number of nitro benzene ring substituents is 1. The van der Waals surface area contributed by atoms with Crippen molar-refractivity contribution in [3.63, 3.8) is 0 Å². The minimum absolute atomic E-state index is 0.0246. The maximum absolute atomic E-state index is 11.0. The molecule has 0 atom stereocenters. The highest BCUT2D eigenvalue weighted by Gasteiger charge is 2.17. The molecule has 0 aliphatic heterocycles. The second-order valence-corrected chi connectivity index (χ2v) is 4.40. The lowest BCUT2D eigenvalue weighted by molar-refractivity contribution is -0.385. The Kier molecular flexibility index (Phi) is 4.13. The fourth-order valence-corrected chi connectivity index (χ4v) is 2.08. The average Bonchev–Trinajstić information content (AvgIpc) is 2.79. The van der Waals surface area contributed by atoms with Crippen molar-refractivity contribution in [3.8, 4) is 0 Å². The normalized spacial score (nSPS) is 10.6. The summed E-state index contributed by atoms with van der Waals surface area (Å²) >= 11 is 6.07. The van der Waals surface area contributed by atoms with E-state index in [0.717, 1.165) is 5.82 Å². The average molecular weight is 281 g/mol. The van der Waals surface area contributed by atoms with Crippen molar-refractivity contribution in [1.29, 1.82) is 0 Å². The van der Waals surface area contributed by atoms with Crippen molar-refractivity contribution in [3.05, 3.63) is 57.1 Å². The van der Waals surface area contributed by atoms with Crippen LogP contribution in [-0.4, -0.2) is 21.5 Å². The van der Waals surface area contributed by atoms with E-state index in [1.54, 1.807) is 24.5 Å². The van der Waals surface area contributed by atoms with Gasteiger partial charge in [-0.25, -0.2) is 4.98 Å². The molecule has 2 rings (SSSR count). The number of imidazole rings is 1. The highest BCUT2D eigenvalue weighted by molar-refractivity contribution is 6.31. The zero-order valence-corrected chi connectivity index (χ0v) is 11.1. The van der Waals surface area contributed by atoms with E-state index in [-0.39, 0.29) is 5.69 Å². The Morgan fingerprint density at radius 2 is 2.32 bits per heavy atom. The van der Waals surface area contributed by atoms with E-state index in [4.69, 9.17) is 11.6 Å². The van der Waals surface area contributed by atoms with E-state index in [0.29, 0.717) is 23.7 Å². The summed E-state index contributed by atoms with van der Waals surface area (Å²) < 4.78 is 1.84. The first-order valence-corrected chi connectivity index (χ1v) is 6.07. The quantitative estimate of drug-likeness (QED) is 0.673. The Balaban J connectivity index is 2.37. The zero-order valence-electron chi connectivity index (χ0n) is 10.3. The van der Waals surface area contributed by atoms with Gasteiger partial charge in [-0.1, -0.05) is 17.7 Å². The molecule has 6 nitrogen and oxygen atoms in total. The van der Waals surface area contributed by atoms with Crippen molar-refractivity contribution in [2.45, 2.75) is 13.1 Å². The van der Waals surface area contributed by atoms with Gasteiger partial charge in [0.15, 0.2) is 0 Å². The van der Waals surface area contributed by atoms with Gasteiger partial charge in [0, 0.05) is 18.5 Å². The van der Waals surface area contributed by atoms with Gasteiger partial charge in [0.05, 0.1) is 28.6 Å². The predicted octanol–water partition coefficient (Wildman–Crippen LogP) is 2.21. The molecule has 7 heteroatoms. The number of aromatic nitrogens is 2. The highest BCUT2D eigenvalue weighted by atomic mass is 35.5. The molecule has 0 radical (unpaired) electrons. The molecular formula is C12H13ClN4O2. The summed E-state index contributed by atoms with van der Waals surface area (Å²) in [6.45, 7) is 0.915. The number of halogens is 1. The van der Waals surface area contributed by atoms with E-state index < -0.39 is 4.92 Å². The fraction of sp³-hybridized carbons (Fsp3) is 0.250. The minimum Gasteiger partial charge on any atom is -0.329 e. The zero-order chi connectivity index (χ0) is 13.8. The van der Waals surface area contributed by atoms with Crippen molar-refractivity contribution in [2.75, 3.05) is 7.05 Å².